The molecule has 14 heavy (non-hydrogen) atoms. The zero-order valence-corrected chi connectivity index (χ0v) is 8.08. The number of benzene rings is 1. The molecule has 1 aliphatic carbocycles. The van der Waals surface area contributed by atoms with Gasteiger partial charge in [0.15, 0.2) is 0 Å². The molecular weight excluding hydrogens is 176 g/mol. The molecule has 0 heterocycles. The predicted octanol–water partition coefficient (Wildman–Crippen LogP) is 2.49. The fourth-order valence-electron chi connectivity index (χ4n) is 1.98. The molecular formula is C12H12O2. The monoisotopic (exact) mass is 188 g/mol. The van der Waals surface area contributed by atoms with E-state index < -0.39 is 5.97 Å². The topological polar surface area (TPSA) is 37.3 Å². The summed E-state index contributed by atoms with van der Waals surface area (Å²) in [5, 5.41) is 8.98. The van der Waals surface area contributed by atoms with E-state index in [1.165, 1.54) is 5.56 Å². The van der Waals surface area contributed by atoms with E-state index in [1.54, 1.807) is 0 Å². The van der Waals surface area contributed by atoms with Gasteiger partial charge < -0.3 is 5.11 Å². The SMILES string of the molecule is CC1=C(C(=O)O)CCc2ccccc21. The fraction of sp³-hybridized carbons (Fsp3) is 0.250. The molecule has 1 N–H and O–H groups in total. The van der Waals surface area contributed by atoms with Gasteiger partial charge in [-0.25, -0.2) is 4.79 Å². The standard InChI is InChI=1S/C12H12O2/c1-8-10-5-3-2-4-9(10)6-7-11(8)12(13)14/h2-5H,6-7H2,1H3,(H,13,14). The Labute approximate surface area is 82.9 Å². The molecule has 0 radical (unpaired) electrons. The Kier molecular flexibility index (Phi) is 2.12. The Hall–Kier alpha value is -1.57. The van der Waals surface area contributed by atoms with Crippen LogP contribution in [0.3, 0.4) is 0 Å². The van der Waals surface area contributed by atoms with Gasteiger partial charge in [0.25, 0.3) is 0 Å². The summed E-state index contributed by atoms with van der Waals surface area (Å²) in [7, 11) is 0. The maximum atomic E-state index is 10.9. The lowest BCUT2D eigenvalue weighted by Crippen LogP contribution is -2.10. The zero-order chi connectivity index (χ0) is 10.1. The molecule has 0 spiro atoms. The largest absolute Gasteiger partial charge is 0.478 e. The van der Waals surface area contributed by atoms with Crippen LogP contribution in [0.25, 0.3) is 5.57 Å². The maximum Gasteiger partial charge on any atom is 0.331 e. The van der Waals surface area contributed by atoms with Crippen LogP contribution in [0.5, 0.6) is 0 Å². The Morgan fingerprint density at radius 2 is 2.00 bits per heavy atom. The molecule has 0 atom stereocenters. The van der Waals surface area contributed by atoms with Gasteiger partial charge in [0.1, 0.15) is 0 Å². The Balaban J connectivity index is 2.56. The van der Waals surface area contributed by atoms with Crippen LogP contribution in [-0.2, 0) is 11.2 Å². The average Bonchev–Trinajstić information content (AvgIpc) is 2.18. The Bertz CT molecular complexity index is 416. The minimum absolute atomic E-state index is 0.559. The number of carboxylic acid groups (broad SMARTS) is 1. The fourth-order valence-corrected chi connectivity index (χ4v) is 1.98. The summed E-state index contributed by atoms with van der Waals surface area (Å²) in [4.78, 5) is 10.9. The molecule has 0 fully saturated rings. The normalized spacial score (nSPS) is 15.2. The van der Waals surface area contributed by atoms with E-state index >= 15 is 0 Å². The van der Waals surface area contributed by atoms with Crippen molar-refractivity contribution in [1.82, 2.24) is 0 Å². The molecule has 0 bridgehead atoms. The number of aliphatic carboxylic acids is 1. The van der Waals surface area contributed by atoms with E-state index in [-0.39, 0.29) is 0 Å². The molecule has 2 rings (SSSR count). The summed E-state index contributed by atoms with van der Waals surface area (Å²) < 4.78 is 0. The highest BCUT2D eigenvalue weighted by molar-refractivity contribution is 5.97. The molecule has 1 aromatic rings. The van der Waals surface area contributed by atoms with E-state index in [4.69, 9.17) is 5.11 Å². The molecule has 0 saturated heterocycles. The lowest BCUT2D eigenvalue weighted by atomic mass is 9.86. The van der Waals surface area contributed by atoms with Crippen molar-refractivity contribution in [1.29, 1.82) is 0 Å². The number of allylic oxidation sites excluding steroid dienone is 1. The van der Waals surface area contributed by atoms with E-state index in [9.17, 15) is 4.79 Å². The highest BCUT2D eigenvalue weighted by atomic mass is 16.4. The summed E-state index contributed by atoms with van der Waals surface area (Å²) >= 11 is 0. The number of rotatable bonds is 1. The number of hydrogen-bond acceptors (Lipinski definition) is 1. The van der Waals surface area contributed by atoms with Crippen molar-refractivity contribution in [2.45, 2.75) is 19.8 Å². The van der Waals surface area contributed by atoms with Crippen molar-refractivity contribution >= 4 is 11.5 Å². The van der Waals surface area contributed by atoms with Gasteiger partial charge in [-0.3, -0.25) is 0 Å². The van der Waals surface area contributed by atoms with Crippen LogP contribution in [0.4, 0.5) is 0 Å². The Morgan fingerprint density at radius 1 is 1.29 bits per heavy atom. The molecule has 0 saturated carbocycles. The van der Waals surface area contributed by atoms with Gasteiger partial charge in [0, 0.05) is 5.57 Å². The average molecular weight is 188 g/mol. The molecule has 1 aliphatic rings. The third kappa shape index (κ3) is 1.33. The molecule has 2 nitrogen and oxygen atoms in total. The van der Waals surface area contributed by atoms with Crippen molar-refractivity contribution in [2.24, 2.45) is 0 Å². The van der Waals surface area contributed by atoms with Crippen molar-refractivity contribution in [3.63, 3.8) is 0 Å². The molecule has 0 aliphatic heterocycles. The molecule has 0 aromatic heterocycles. The number of hydrogen-bond donors (Lipinski definition) is 1. The van der Waals surface area contributed by atoms with Gasteiger partial charge in [-0.15, -0.1) is 0 Å². The first-order valence-electron chi connectivity index (χ1n) is 4.71. The summed E-state index contributed by atoms with van der Waals surface area (Å²) in [6.45, 7) is 1.89. The lowest BCUT2D eigenvalue weighted by molar-refractivity contribution is -0.132. The second-order valence-corrected chi connectivity index (χ2v) is 3.57. The number of fused-ring (bicyclic) bond motifs is 1. The quantitative estimate of drug-likeness (QED) is 0.735. The van der Waals surface area contributed by atoms with Crippen LogP contribution in [0, 0.1) is 0 Å². The van der Waals surface area contributed by atoms with Crippen LogP contribution >= 0.6 is 0 Å². The van der Waals surface area contributed by atoms with Gasteiger partial charge >= 0.3 is 5.97 Å². The smallest absolute Gasteiger partial charge is 0.331 e. The van der Waals surface area contributed by atoms with E-state index in [1.807, 2.05) is 25.1 Å². The first-order chi connectivity index (χ1) is 6.70. The second kappa shape index (κ2) is 3.29. The van der Waals surface area contributed by atoms with Crippen molar-refractivity contribution in [3.05, 3.63) is 41.0 Å². The molecule has 1 aromatic carbocycles. The van der Waals surface area contributed by atoms with Crippen LogP contribution in [0.1, 0.15) is 24.5 Å². The highest BCUT2D eigenvalue weighted by Gasteiger charge is 2.19. The predicted molar refractivity (Wildman–Crippen MR) is 55.0 cm³/mol. The zero-order valence-electron chi connectivity index (χ0n) is 8.08. The number of carbonyl (C=O) groups is 1. The van der Waals surface area contributed by atoms with Gasteiger partial charge in [-0.1, -0.05) is 24.3 Å². The highest BCUT2D eigenvalue weighted by Crippen LogP contribution is 2.30. The van der Waals surface area contributed by atoms with Crippen molar-refractivity contribution in [2.75, 3.05) is 0 Å². The molecule has 72 valence electrons. The third-order valence-corrected chi connectivity index (χ3v) is 2.78. The van der Waals surface area contributed by atoms with Crippen LogP contribution < -0.4 is 0 Å². The second-order valence-electron chi connectivity index (χ2n) is 3.57. The minimum atomic E-state index is -0.781. The first-order valence-corrected chi connectivity index (χ1v) is 4.71. The summed E-state index contributed by atoms with van der Waals surface area (Å²) in [6.07, 6.45) is 1.49. The van der Waals surface area contributed by atoms with E-state index in [2.05, 4.69) is 6.07 Å². The van der Waals surface area contributed by atoms with E-state index in [0.717, 1.165) is 17.6 Å². The Morgan fingerprint density at radius 3 is 2.71 bits per heavy atom. The third-order valence-electron chi connectivity index (χ3n) is 2.78. The lowest BCUT2D eigenvalue weighted by Gasteiger charge is -2.18. The molecule has 2 heteroatoms. The first kappa shape index (κ1) is 9.00. The summed E-state index contributed by atoms with van der Waals surface area (Å²) in [6, 6.07) is 8.01. The molecule has 0 unspecified atom stereocenters. The number of aryl methyl sites for hydroxylation is 1. The van der Waals surface area contributed by atoms with Crippen LogP contribution in [-0.4, -0.2) is 11.1 Å². The van der Waals surface area contributed by atoms with Crippen LogP contribution in [0.2, 0.25) is 0 Å². The number of carboxylic acids is 1. The van der Waals surface area contributed by atoms with Gasteiger partial charge in [-0.05, 0) is 36.5 Å². The van der Waals surface area contributed by atoms with Gasteiger partial charge in [-0.2, -0.15) is 0 Å². The van der Waals surface area contributed by atoms with Gasteiger partial charge in [0.05, 0.1) is 0 Å². The summed E-state index contributed by atoms with van der Waals surface area (Å²) in [5.41, 5.74) is 3.83. The molecule has 0 amide bonds. The minimum Gasteiger partial charge on any atom is -0.478 e. The summed E-state index contributed by atoms with van der Waals surface area (Å²) in [5.74, 6) is -0.781. The van der Waals surface area contributed by atoms with Gasteiger partial charge in [0.2, 0.25) is 0 Å². The van der Waals surface area contributed by atoms with Crippen molar-refractivity contribution < 1.29 is 9.90 Å². The van der Waals surface area contributed by atoms with Crippen LogP contribution in [0.15, 0.2) is 29.8 Å². The van der Waals surface area contributed by atoms with E-state index in [0.29, 0.717) is 12.0 Å². The van der Waals surface area contributed by atoms with Crippen molar-refractivity contribution in [3.8, 4) is 0 Å². The maximum absolute atomic E-state index is 10.9.